The number of nitrogens with zero attached hydrogens (tertiary/aromatic N) is 1. The molecule has 0 amide bonds. The van der Waals surface area contributed by atoms with Gasteiger partial charge >= 0.3 is 0 Å². The third-order valence-electron chi connectivity index (χ3n) is 4.58. The van der Waals surface area contributed by atoms with Gasteiger partial charge in [-0.15, -0.1) is 12.4 Å². The van der Waals surface area contributed by atoms with Crippen LogP contribution in [0.5, 0.6) is 0 Å². The van der Waals surface area contributed by atoms with E-state index in [9.17, 15) is 0 Å². The first-order chi connectivity index (χ1) is 8.68. The van der Waals surface area contributed by atoms with Crippen LogP contribution in [-0.2, 0) is 0 Å². The molecule has 1 saturated heterocycles. The summed E-state index contributed by atoms with van der Waals surface area (Å²) in [4.78, 5) is 2.43. The minimum absolute atomic E-state index is 0. The van der Waals surface area contributed by atoms with E-state index >= 15 is 0 Å². The van der Waals surface area contributed by atoms with Crippen molar-refractivity contribution in [3.63, 3.8) is 0 Å². The van der Waals surface area contributed by atoms with Gasteiger partial charge in [0.05, 0.1) is 12.5 Å². The number of hydrogen-bond acceptors (Lipinski definition) is 2. The van der Waals surface area contributed by atoms with Gasteiger partial charge in [0.15, 0.2) is 0 Å². The van der Waals surface area contributed by atoms with E-state index in [2.05, 4.69) is 31.9 Å². The fourth-order valence-corrected chi connectivity index (χ4v) is 3.32. The van der Waals surface area contributed by atoms with Crippen molar-refractivity contribution in [3.8, 4) is 11.1 Å². The summed E-state index contributed by atoms with van der Waals surface area (Å²) < 4.78 is 5.34. The second-order valence-corrected chi connectivity index (χ2v) is 5.63. The summed E-state index contributed by atoms with van der Waals surface area (Å²) in [5, 5.41) is 0. The van der Waals surface area contributed by atoms with Crippen LogP contribution in [0.3, 0.4) is 0 Å². The average molecular weight is 280 g/mol. The lowest BCUT2D eigenvalue weighted by Gasteiger charge is -2.30. The van der Waals surface area contributed by atoms with Crippen LogP contribution < -0.4 is 0 Å². The molecule has 19 heavy (non-hydrogen) atoms. The molecule has 0 aromatic carbocycles. The lowest BCUT2D eigenvalue weighted by Crippen LogP contribution is -2.29. The van der Waals surface area contributed by atoms with Crippen LogP contribution in [0.2, 0.25) is 0 Å². The number of piperidine rings is 1. The standard InChI is InChI=1S/C16H21NO.ClH/c1-11-12(2)16(13-4-7-17(3)8-5-13)14-6-9-18-10-15(11)14;/h6,9-10,13H,4-5,7-8H2,1-3H3;1H. The molecule has 1 aliphatic carbocycles. The molecule has 2 aliphatic heterocycles. The molecule has 0 saturated carbocycles. The van der Waals surface area contributed by atoms with Crippen LogP contribution in [0.4, 0.5) is 0 Å². The van der Waals surface area contributed by atoms with E-state index in [1.165, 1.54) is 48.2 Å². The van der Waals surface area contributed by atoms with Crippen molar-refractivity contribution in [3.05, 3.63) is 35.3 Å². The Labute approximate surface area is 121 Å². The van der Waals surface area contributed by atoms with Gasteiger partial charge in [-0.1, -0.05) is 0 Å². The lowest BCUT2D eigenvalue weighted by atomic mass is 9.86. The number of fused-ring (bicyclic) bond motifs is 1. The molecule has 0 atom stereocenters. The van der Waals surface area contributed by atoms with Crippen molar-refractivity contribution in [2.75, 3.05) is 20.1 Å². The van der Waals surface area contributed by atoms with Crippen molar-refractivity contribution in [2.24, 2.45) is 0 Å². The molecule has 0 spiro atoms. The number of hydrogen-bond donors (Lipinski definition) is 0. The van der Waals surface area contributed by atoms with Gasteiger partial charge in [0.2, 0.25) is 0 Å². The predicted molar refractivity (Wildman–Crippen MR) is 81.5 cm³/mol. The molecule has 0 radical (unpaired) electrons. The highest BCUT2D eigenvalue weighted by Crippen LogP contribution is 2.43. The fourth-order valence-electron chi connectivity index (χ4n) is 3.32. The molecule has 3 aliphatic rings. The van der Waals surface area contributed by atoms with Crippen LogP contribution in [0, 0.1) is 13.8 Å². The summed E-state index contributed by atoms with van der Waals surface area (Å²) in [7, 11) is 2.22. The van der Waals surface area contributed by atoms with Gasteiger partial charge < -0.3 is 9.32 Å². The zero-order valence-electron chi connectivity index (χ0n) is 11.9. The van der Waals surface area contributed by atoms with Crippen LogP contribution in [0.25, 0.3) is 11.1 Å². The summed E-state index contributed by atoms with van der Waals surface area (Å²) in [5.41, 5.74) is 7.14. The van der Waals surface area contributed by atoms with Gasteiger partial charge in [-0.25, -0.2) is 0 Å². The third kappa shape index (κ3) is 2.39. The van der Waals surface area contributed by atoms with E-state index < -0.39 is 0 Å². The van der Waals surface area contributed by atoms with Crippen molar-refractivity contribution < 1.29 is 4.42 Å². The number of likely N-dealkylation sites (tertiary alicyclic amines) is 1. The van der Waals surface area contributed by atoms with E-state index in [0.29, 0.717) is 0 Å². The van der Waals surface area contributed by atoms with Crippen molar-refractivity contribution in [2.45, 2.75) is 32.6 Å². The Hall–Kier alpha value is -0.990. The Morgan fingerprint density at radius 3 is 2.47 bits per heavy atom. The minimum atomic E-state index is 0. The number of halogens is 1. The Morgan fingerprint density at radius 1 is 1.11 bits per heavy atom. The highest BCUT2D eigenvalue weighted by molar-refractivity contribution is 5.85. The molecule has 104 valence electrons. The normalized spacial score (nSPS) is 17.6. The molecule has 0 unspecified atom stereocenters. The second kappa shape index (κ2) is 5.56. The van der Waals surface area contributed by atoms with Crippen LogP contribution in [0.15, 0.2) is 23.0 Å². The monoisotopic (exact) mass is 279 g/mol. The summed E-state index contributed by atoms with van der Waals surface area (Å²) in [6.07, 6.45) is 6.26. The van der Waals surface area contributed by atoms with E-state index in [0.717, 1.165) is 5.92 Å². The van der Waals surface area contributed by atoms with Gasteiger partial charge in [-0.05, 0) is 81.1 Å². The smallest absolute Gasteiger partial charge is 0.0982 e. The molecule has 0 bridgehead atoms. The topological polar surface area (TPSA) is 16.4 Å². The first-order valence-electron chi connectivity index (χ1n) is 6.82. The van der Waals surface area contributed by atoms with Crippen LogP contribution in [-0.4, -0.2) is 25.0 Å². The maximum absolute atomic E-state index is 5.34. The van der Waals surface area contributed by atoms with Crippen LogP contribution in [0.1, 0.15) is 35.4 Å². The molecule has 2 heterocycles. The Balaban J connectivity index is 0.00000133. The Bertz CT molecular complexity index is 526. The summed E-state index contributed by atoms with van der Waals surface area (Å²) >= 11 is 0. The molecular formula is C16H22ClNO. The summed E-state index contributed by atoms with van der Waals surface area (Å²) in [6, 6.07) is 2.14. The predicted octanol–water partition coefficient (Wildman–Crippen LogP) is 4.23. The molecule has 0 aromatic heterocycles. The molecule has 3 heteroatoms. The van der Waals surface area contributed by atoms with Gasteiger partial charge in [0, 0.05) is 5.56 Å². The fraction of sp³-hybridized carbons (Fsp3) is 0.500. The minimum Gasteiger partial charge on any atom is -0.472 e. The molecule has 3 rings (SSSR count). The third-order valence-corrected chi connectivity index (χ3v) is 4.58. The first-order valence-corrected chi connectivity index (χ1v) is 6.82. The maximum Gasteiger partial charge on any atom is 0.0982 e. The van der Waals surface area contributed by atoms with Crippen molar-refractivity contribution in [1.29, 1.82) is 0 Å². The Morgan fingerprint density at radius 2 is 1.79 bits per heavy atom. The van der Waals surface area contributed by atoms with E-state index in [-0.39, 0.29) is 12.4 Å². The number of rotatable bonds is 1. The van der Waals surface area contributed by atoms with Crippen molar-refractivity contribution in [1.82, 2.24) is 4.90 Å². The molecule has 2 nitrogen and oxygen atoms in total. The van der Waals surface area contributed by atoms with E-state index in [1.807, 2.05) is 6.26 Å². The highest BCUT2D eigenvalue weighted by Gasteiger charge is 2.26. The van der Waals surface area contributed by atoms with Gasteiger partial charge in [0.1, 0.15) is 0 Å². The maximum atomic E-state index is 5.34. The van der Waals surface area contributed by atoms with Gasteiger partial charge in [-0.3, -0.25) is 0 Å². The second-order valence-electron chi connectivity index (χ2n) is 5.63. The van der Waals surface area contributed by atoms with Gasteiger partial charge in [0.25, 0.3) is 0 Å². The molecular weight excluding hydrogens is 258 g/mol. The molecule has 1 fully saturated rings. The summed E-state index contributed by atoms with van der Waals surface area (Å²) in [6.45, 7) is 6.91. The first kappa shape index (κ1) is 14.4. The largest absolute Gasteiger partial charge is 0.472 e. The average Bonchev–Trinajstić information content (AvgIpc) is 2.64. The molecule has 0 N–H and O–H groups in total. The quantitative estimate of drug-likeness (QED) is 0.777. The Kier molecular flexibility index (Phi) is 4.22. The van der Waals surface area contributed by atoms with E-state index in [4.69, 9.17) is 4.42 Å². The van der Waals surface area contributed by atoms with Gasteiger partial charge in [-0.2, -0.15) is 0 Å². The summed E-state index contributed by atoms with van der Waals surface area (Å²) in [5.74, 6) is 0.722. The zero-order chi connectivity index (χ0) is 12.7. The van der Waals surface area contributed by atoms with Crippen LogP contribution >= 0.6 is 12.4 Å². The molecule has 0 aromatic rings. The lowest BCUT2D eigenvalue weighted by molar-refractivity contribution is 0.255. The van der Waals surface area contributed by atoms with Crippen molar-refractivity contribution >= 4 is 12.4 Å². The highest BCUT2D eigenvalue weighted by atomic mass is 35.5. The SMILES string of the molecule is Cc1c2coccc-2c(C2CCN(C)CC2)c1C.Cl. The zero-order valence-corrected chi connectivity index (χ0v) is 12.7. The van der Waals surface area contributed by atoms with E-state index in [1.54, 1.807) is 11.8 Å².